The fourth-order valence-corrected chi connectivity index (χ4v) is 4.23. The average molecular weight is 448 g/mol. The topological polar surface area (TPSA) is 57.2 Å². The maximum atomic E-state index is 13.0. The Bertz CT molecular complexity index is 1030. The van der Waals surface area contributed by atoms with Gasteiger partial charge in [0.05, 0.1) is 11.3 Å². The third-order valence-electron chi connectivity index (χ3n) is 5.86. The summed E-state index contributed by atoms with van der Waals surface area (Å²) in [6.07, 6.45) is 6.52. The summed E-state index contributed by atoms with van der Waals surface area (Å²) in [6.45, 7) is 4.98. The molecule has 1 aliphatic heterocycles. The van der Waals surface area contributed by atoms with Crippen LogP contribution >= 0.6 is 0 Å². The second kappa shape index (κ2) is 10.7. The molecule has 3 rings (SSSR count). The van der Waals surface area contributed by atoms with Crippen molar-refractivity contribution < 1.29 is 18.3 Å². The smallest absolute Gasteiger partial charge is 0.416 e. The van der Waals surface area contributed by atoms with E-state index >= 15 is 0 Å². The first-order valence-corrected chi connectivity index (χ1v) is 11.4. The van der Waals surface area contributed by atoms with Gasteiger partial charge >= 0.3 is 6.18 Å². The van der Waals surface area contributed by atoms with E-state index in [0.717, 1.165) is 54.0 Å². The van der Waals surface area contributed by atoms with Gasteiger partial charge in [-0.1, -0.05) is 39.5 Å². The van der Waals surface area contributed by atoms with Crippen LogP contribution in [0.4, 0.5) is 13.2 Å². The third kappa shape index (κ3) is 5.75. The van der Waals surface area contributed by atoms with E-state index in [0.29, 0.717) is 23.8 Å². The molecule has 0 saturated carbocycles. The molecule has 1 aliphatic rings. The highest BCUT2D eigenvalue weighted by Crippen LogP contribution is 2.34. The van der Waals surface area contributed by atoms with Crippen molar-refractivity contribution in [3.05, 3.63) is 58.2 Å². The summed E-state index contributed by atoms with van der Waals surface area (Å²) >= 11 is 0. The summed E-state index contributed by atoms with van der Waals surface area (Å²) in [6, 6.07) is 5.32. The summed E-state index contributed by atoms with van der Waals surface area (Å²) in [4.78, 5) is 4.30. The van der Waals surface area contributed by atoms with Crippen LogP contribution in [0.3, 0.4) is 0 Å². The lowest BCUT2D eigenvalue weighted by molar-refractivity contribution is -0.137. The highest BCUT2D eigenvalue weighted by molar-refractivity contribution is 5.70. The van der Waals surface area contributed by atoms with Gasteiger partial charge in [0.25, 0.3) is 0 Å². The summed E-state index contributed by atoms with van der Waals surface area (Å²) < 4.78 is 39.1. The molecule has 32 heavy (non-hydrogen) atoms. The number of hydrogen-bond donors (Lipinski definition) is 3. The Kier molecular flexibility index (Phi) is 8.04. The van der Waals surface area contributed by atoms with Crippen molar-refractivity contribution >= 4 is 11.4 Å². The van der Waals surface area contributed by atoms with Crippen LogP contribution in [-0.2, 0) is 6.18 Å². The van der Waals surface area contributed by atoms with Crippen LogP contribution < -0.4 is 21.1 Å². The van der Waals surface area contributed by atoms with Gasteiger partial charge < -0.3 is 15.7 Å². The van der Waals surface area contributed by atoms with E-state index in [-0.39, 0.29) is 0 Å². The van der Waals surface area contributed by atoms with Crippen LogP contribution in [0.25, 0.3) is 11.4 Å². The minimum atomic E-state index is -4.50. The first kappa shape index (κ1) is 24.0. The van der Waals surface area contributed by atoms with Gasteiger partial charge in [-0.2, -0.15) is 13.2 Å². The molecule has 3 N–H and O–H groups in total. The standard InChI is InChI=1S/C25H32F3N3O/c1-3-5-6-8-18(7-4-2)31-22-12-14-30-24(19-11-13-29-16-21(19)22)20-10-9-17(15-23(20)32)25(26,27)28/h9-11,13,15-16,18,30-32H,3-8,12,14H2,1-2H3. The molecule has 0 spiro atoms. The zero-order valence-electron chi connectivity index (χ0n) is 18.7. The molecule has 2 aromatic rings. The molecule has 174 valence electrons. The highest BCUT2D eigenvalue weighted by atomic mass is 19.4. The van der Waals surface area contributed by atoms with Gasteiger partial charge in [-0.05, 0) is 37.1 Å². The van der Waals surface area contributed by atoms with Gasteiger partial charge in [0.1, 0.15) is 5.75 Å². The second-order valence-electron chi connectivity index (χ2n) is 8.31. The van der Waals surface area contributed by atoms with Crippen LogP contribution in [0.15, 0.2) is 36.7 Å². The number of benzene rings is 1. The van der Waals surface area contributed by atoms with Crippen LogP contribution in [0.2, 0.25) is 0 Å². The lowest BCUT2D eigenvalue weighted by atomic mass is 10.0. The summed E-state index contributed by atoms with van der Waals surface area (Å²) in [5, 5.41) is 19.2. The maximum Gasteiger partial charge on any atom is 0.416 e. The SMILES string of the molecule is CCCCCC(CCC)NC1=c2cnccc2=C(c2ccc(C(F)(F)F)cc2O)NCC1. The molecule has 1 aromatic carbocycles. The van der Waals surface area contributed by atoms with Crippen molar-refractivity contribution in [3.63, 3.8) is 0 Å². The number of aromatic nitrogens is 1. The molecular formula is C25H32F3N3O. The summed E-state index contributed by atoms with van der Waals surface area (Å²) in [7, 11) is 0. The first-order valence-electron chi connectivity index (χ1n) is 11.4. The van der Waals surface area contributed by atoms with E-state index in [1.54, 1.807) is 12.4 Å². The lowest BCUT2D eigenvalue weighted by Gasteiger charge is -2.21. The summed E-state index contributed by atoms with van der Waals surface area (Å²) in [5.74, 6) is -0.398. The van der Waals surface area contributed by atoms with E-state index in [2.05, 4.69) is 29.5 Å². The van der Waals surface area contributed by atoms with Crippen molar-refractivity contribution in [2.75, 3.05) is 6.54 Å². The van der Waals surface area contributed by atoms with Gasteiger partial charge in [0.15, 0.2) is 0 Å². The molecule has 2 heterocycles. The summed E-state index contributed by atoms with van der Waals surface area (Å²) in [5.41, 5.74) is 1.17. The number of hydrogen-bond acceptors (Lipinski definition) is 4. The molecule has 0 fully saturated rings. The quantitative estimate of drug-likeness (QED) is 0.499. The van der Waals surface area contributed by atoms with Crippen LogP contribution in [0.5, 0.6) is 5.75 Å². The predicted octanol–water partition coefficient (Wildman–Crippen LogP) is 4.40. The number of nitrogens with one attached hydrogen (secondary N) is 2. The Hall–Kier alpha value is -2.70. The largest absolute Gasteiger partial charge is 0.507 e. The van der Waals surface area contributed by atoms with Crippen LogP contribution in [-0.4, -0.2) is 22.7 Å². The molecule has 0 radical (unpaired) electrons. The van der Waals surface area contributed by atoms with Crippen molar-refractivity contribution in [3.8, 4) is 5.75 Å². The average Bonchev–Trinajstić information content (AvgIpc) is 2.93. The number of unbranched alkanes of at least 4 members (excludes halogenated alkanes) is 2. The molecule has 1 aromatic heterocycles. The Morgan fingerprint density at radius 2 is 1.91 bits per heavy atom. The molecule has 1 atom stereocenters. The van der Waals surface area contributed by atoms with E-state index < -0.39 is 17.5 Å². The molecule has 0 bridgehead atoms. The van der Waals surface area contributed by atoms with Gasteiger partial charge in [0, 0.05) is 53.1 Å². The second-order valence-corrected chi connectivity index (χ2v) is 8.31. The van der Waals surface area contributed by atoms with E-state index in [1.165, 1.54) is 25.3 Å². The number of halogens is 3. The number of phenols is 1. The number of phenolic OH excluding ortho intramolecular Hbond substituents is 1. The number of rotatable bonds is 9. The Morgan fingerprint density at radius 1 is 1.09 bits per heavy atom. The van der Waals surface area contributed by atoms with E-state index in [9.17, 15) is 18.3 Å². The van der Waals surface area contributed by atoms with E-state index in [4.69, 9.17) is 0 Å². The van der Waals surface area contributed by atoms with E-state index in [1.807, 2.05) is 6.07 Å². The zero-order chi connectivity index (χ0) is 23.1. The number of alkyl halides is 3. The zero-order valence-corrected chi connectivity index (χ0v) is 18.7. The fourth-order valence-electron chi connectivity index (χ4n) is 4.23. The minimum absolute atomic E-state index is 0.347. The molecule has 4 nitrogen and oxygen atoms in total. The Balaban J connectivity index is 2.07. The maximum absolute atomic E-state index is 13.0. The molecular weight excluding hydrogens is 415 g/mol. The molecule has 1 unspecified atom stereocenters. The third-order valence-corrected chi connectivity index (χ3v) is 5.86. The highest BCUT2D eigenvalue weighted by Gasteiger charge is 2.31. The van der Waals surface area contributed by atoms with Crippen molar-refractivity contribution in [1.82, 2.24) is 15.6 Å². The molecule has 0 saturated heterocycles. The molecule has 7 heteroatoms. The number of nitrogens with zero attached hydrogens (tertiary/aromatic N) is 1. The molecule has 0 aliphatic carbocycles. The minimum Gasteiger partial charge on any atom is -0.507 e. The molecule has 0 amide bonds. The van der Waals surface area contributed by atoms with Gasteiger partial charge in [0.2, 0.25) is 0 Å². The fraction of sp³-hybridized carbons (Fsp3) is 0.480. The van der Waals surface area contributed by atoms with Crippen LogP contribution in [0.1, 0.15) is 69.9 Å². The number of aromatic hydroxyl groups is 1. The first-order chi connectivity index (χ1) is 15.3. The Morgan fingerprint density at radius 3 is 2.59 bits per heavy atom. The normalized spacial score (nSPS) is 15.0. The predicted molar refractivity (Wildman–Crippen MR) is 121 cm³/mol. The monoisotopic (exact) mass is 447 g/mol. The lowest BCUT2D eigenvalue weighted by Crippen LogP contribution is -2.37. The van der Waals surface area contributed by atoms with Gasteiger partial charge in [-0.3, -0.25) is 4.98 Å². The Labute approximate surface area is 187 Å². The van der Waals surface area contributed by atoms with Crippen molar-refractivity contribution in [1.29, 1.82) is 0 Å². The van der Waals surface area contributed by atoms with Gasteiger partial charge in [-0.25, -0.2) is 0 Å². The van der Waals surface area contributed by atoms with Gasteiger partial charge in [-0.15, -0.1) is 0 Å². The number of fused-ring (bicyclic) bond motifs is 1. The number of pyridine rings is 1. The van der Waals surface area contributed by atoms with Crippen molar-refractivity contribution in [2.24, 2.45) is 0 Å². The van der Waals surface area contributed by atoms with Crippen LogP contribution in [0, 0.1) is 0 Å². The van der Waals surface area contributed by atoms with Crippen molar-refractivity contribution in [2.45, 2.75) is 71.0 Å².